The standard InChI is InChI=1S/C12H19N3O3/c16-12(10-7-14-15-8-10)13-4-2-5-17-9-11-3-1-6-18-11/h7-8,11H,1-6,9H2,(H,13,16)(H,14,15). The molecule has 0 saturated carbocycles. The first-order valence-corrected chi connectivity index (χ1v) is 6.32. The summed E-state index contributed by atoms with van der Waals surface area (Å²) in [6.07, 6.45) is 6.38. The van der Waals surface area contributed by atoms with Gasteiger partial charge in [0.25, 0.3) is 5.91 Å². The zero-order valence-electron chi connectivity index (χ0n) is 10.4. The van der Waals surface area contributed by atoms with E-state index in [0.717, 1.165) is 25.9 Å². The lowest BCUT2D eigenvalue weighted by atomic mass is 10.2. The van der Waals surface area contributed by atoms with E-state index in [9.17, 15) is 4.79 Å². The summed E-state index contributed by atoms with van der Waals surface area (Å²) in [5.41, 5.74) is 0.551. The normalized spacial score (nSPS) is 19.0. The molecule has 2 heterocycles. The highest BCUT2D eigenvalue weighted by atomic mass is 16.5. The molecule has 6 nitrogen and oxygen atoms in total. The van der Waals surface area contributed by atoms with Crippen molar-refractivity contribution >= 4 is 5.91 Å². The second kappa shape index (κ2) is 7.13. The number of nitrogens with zero attached hydrogens (tertiary/aromatic N) is 1. The van der Waals surface area contributed by atoms with Gasteiger partial charge in [0.05, 0.1) is 24.5 Å². The quantitative estimate of drug-likeness (QED) is 0.702. The molecule has 2 rings (SSSR count). The Morgan fingerprint density at radius 3 is 3.33 bits per heavy atom. The van der Waals surface area contributed by atoms with Gasteiger partial charge in [0, 0.05) is 26.0 Å². The van der Waals surface area contributed by atoms with Gasteiger partial charge >= 0.3 is 0 Å². The number of carbonyl (C=O) groups excluding carboxylic acids is 1. The minimum absolute atomic E-state index is 0.108. The minimum Gasteiger partial charge on any atom is -0.379 e. The lowest BCUT2D eigenvalue weighted by Crippen LogP contribution is -2.25. The molecule has 18 heavy (non-hydrogen) atoms. The van der Waals surface area contributed by atoms with Crippen LogP contribution in [0.2, 0.25) is 0 Å². The summed E-state index contributed by atoms with van der Waals surface area (Å²) in [5, 5.41) is 9.13. The summed E-state index contributed by atoms with van der Waals surface area (Å²) in [7, 11) is 0. The van der Waals surface area contributed by atoms with E-state index in [1.54, 1.807) is 6.20 Å². The second-order valence-electron chi connectivity index (χ2n) is 4.31. The average molecular weight is 253 g/mol. The lowest BCUT2D eigenvalue weighted by Gasteiger charge is -2.10. The molecule has 100 valence electrons. The van der Waals surface area contributed by atoms with E-state index in [4.69, 9.17) is 9.47 Å². The Morgan fingerprint density at radius 2 is 2.61 bits per heavy atom. The largest absolute Gasteiger partial charge is 0.379 e. The predicted molar refractivity (Wildman–Crippen MR) is 65.3 cm³/mol. The van der Waals surface area contributed by atoms with Crippen LogP contribution in [0.25, 0.3) is 0 Å². The van der Waals surface area contributed by atoms with Crippen molar-refractivity contribution in [1.29, 1.82) is 0 Å². The second-order valence-corrected chi connectivity index (χ2v) is 4.31. The van der Waals surface area contributed by atoms with Crippen molar-refractivity contribution in [3.05, 3.63) is 18.0 Å². The number of carbonyl (C=O) groups is 1. The highest BCUT2D eigenvalue weighted by Gasteiger charge is 2.14. The zero-order valence-corrected chi connectivity index (χ0v) is 10.4. The van der Waals surface area contributed by atoms with Crippen molar-refractivity contribution in [3.8, 4) is 0 Å². The number of aromatic nitrogens is 2. The molecule has 1 fully saturated rings. The van der Waals surface area contributed by atoms with Crippen molar-refractivity contribution in [2.75, 3.05) is 26.4 Å². The van der Waals surface area contributed by atoms with E-state index in [-0.39, 0.29) is 12.0 Å². The minimum atomic E-state index is -0.108. The van der Waals surface area contributed by atoms with Crippen LogP contribution >= 0.6 is 0 Å². The summed E-state index contributed by atoms with van der Waals surface area (Å²) in [4.78, 5) is 11.5. The van der Waals surface area contributed by atoms with Crippen LogP contribution in [0, 0.1) is 0 Å². The molecule has 1 atom stereocenters. The smallest absolute Gasteiger partial charge is 0.254 e. The Hall–Kier alpha value is -1.40. The van der Waals surface area contributed by atoms with E-state index in [2.05, 4.69) is 15.5 Å². The van der Waals surface area contributed by atoms with E-state index in [0.29, 0.717) is 25.3 Å². The number of ether oxygens (including phenoxy) is 2. The van der Waals surface area contributed by atoms with Crippen LogP contribution in [-0.4, -0.2) is 48.6 Å². The molecule has 0 radical (unpaired) electrons. The predicted octanol–water partition coefficient (Wildman–Crippen LogP) is 0.725. The SMILES string of the molecule is O=C(NCCCOCC1CCCO1)c1cn[nH]c1. The third kappa shape index (κ3) is 4.12. The summed E-state index contributed by atoms with van der Waals surface area (Å²) in [6, 6.07) is 0. The van der Waals surface area contributed by atoms with Crippen molar-refractivity contribution in [2.45, 2.75) is 25.4 Å². The molecule has 1 aliphatic heterocycles. The fourth-order valence-electron chi connectivity index (χ4n) is 1.84. The Kier molecular flexibility index (Phi) is 5.16. The fourth-order valence-corrected chi connectivity index (χ4v) is 1.84. The van der Waals surface area contributed by atoms with E-state index >= 15 is 0 Å². The molecule has 1 aromatic heterocycles. The number of hydrogen-bond donors (Lipinski definition) is 2. The average Bonchev–Trinajstić information content (AvgIpc) is 3.05. The molecule has 0 aromatic carbocycles. The van der Waals surface area contributed by atoms with Crippen LogP contribution in [0.4, 0.5) is 0 Å². The summed E-state index contributed by atoms with van der Waals surface area (Å²) in [5.74, 6) is -0.108. The maximum absolute atomic E-state index is 11.5. The number of amides is 1. The zero-order chi connectivity index (χ0) is 12.6. The van der Waals surface area contributed by atoms with Gasteiger partial charge in [-0.25, -0.2) is 0 Å². The van der Waals surface area contributed by atoms with E-state index in [1.807, 2.05) is 0 Å². The maximum Gasteiger partial charge on any atom is 0.254 e. The molecule has 0 aliphatic carbocycles. The Balaban J connectivity index is 1.47. The molecular weight excluding hydrogens is 234 g/mol. The highest BCUT2D eigenvalue weighted by Crippen LogP contribution is 2.11. The van der Waals surface area contributed by atoms with Crippen LogP contribution in [0.5, 0.6) is 0 Å². The van der Waals surface area contributed by atoms with Gasteiger partial charge in [-0.05, 0) is 19.3 Å². The van der Waals surface area contributed by atoms with Gasteiger partial charge in [0.1, 0.15) is 0 Å². The Bertz CT molecular complexity index is 347. The van der Waals surface area contributed by atoms with Crippen molar-refractivity contribution in [3.63, 3.8) is 0 Å². The van der Waals surface area contributed by atoms with Crippen LogP contribution < -0.4 is 5.32 Å². The van der Waals surface area contributed by atoms with Crippen LogP contribution in [-0.2, 0) is 9.47 Å². The number of nitrogens with one attached hydrogen (secondary N) is 2. The maximum atomic E-state index is 11.5. The first-order chi connectivity index (χ1) is 8.86. The molecule has 0 bridgehead atoms. The number of aromatic amines is 1. The van der Waals surface area contributed by atoms with Crippen LogP contribution in [0.1, 0.15) is 29.6 Å². The molecule has 2 N–H and O–H groups in total. The molecule has 1 unspecified atom stereocenters. The van der Waals surface area contributed by atoms with Gasteiger partial charge < -0.3 is 14.8 Å². The Labute approximate surface area is 106 Å². The fraction of sp³-hybridized carbons (Fsp3) is 0.667. The van der Waals surface area contributed by atoms with Gasteiger partial charge in [0.2, 0.25) is 0 Å². The van der Waals surface area contributed by atoms with E-state index < -0.39 is 0 Å². The van der Waals surface area contributed by atoms with Crippen molar-refractivity contribution in [1.82, 2.24) is 15.5 Å². The van der Waals surface area contributed by atoms with Gasteiger partial charge in [-0.2, -0.15) is 5.10 Å². The third-order valence-corrected chi connectivity index (χ3v) is 2.84. The molecule has 6 heteroatoms. The number of H-pyrrole nitrogens is 1. The number of hydrogen-bond acceptors (Lipinski definition) is 4. The molecule has 1 amide bonds. The van der Waals surface area contributed by atoms with Crippen LogP contribution in [0.15, 0.2) is 12.4 Å². The Morgan fingerprint density at radius 1 is 1.67 bits per heavy atom. The van der Waals surface area contributed by atoms with Crippen molar-refractivity contribution in [2.24, 2.45) is 0 Å². The topological polar surface area (TPSA) is 76.2 Å². The molecule has 1 saturated heterocycles. The molecule has 0 spiro atoms. The first kappa shape index (κ1) is 13.0. The van der Waals surface area contributed by atoms with Gasteiger partial charge in [-0.1, -0.05) is 0 Å². The van der Waals surface area contributed by atoms with Crippen molar-refractivity contribution < 1.29 is 14.3 Å². The summed E-state index contributed by atoms with van der Waals surface area (Å²) >= 11 is 0. The van der Waals surface area contributed by atoms with E-state index in [1.165, 1.54) is 6.20 Å². The molecule has 1 aliphatic rings. The van der Waals surface area contributed by atoms with Gasteiger partial charge in [0.15, 0.2) is 0 Å². The highest BCUT2D eigenvalue weighted by molar-refractivity contribution is 5.93. The van der Waals surface area contributed by atoms with Gasteiger partial charge in [-0.3, -0.25) is 9.89 Å². The van der Waals surface area contributed by atoms with Gasteiger partial charge in [-0.15, -0.1) is 0 Å². The molecular formula is C12H19N3O3. The monoisotopic (exact) mass is 253 g/mol. The summed E-state index contributed by atoms with van der Waals surface area (Å²) < 4.78 is 10.9. The number of rotatable bonds is 7. The summed E-state index contributed by atoms with van der Waals surface area (Å²) in [6.45, 7) is 2.77. The molecule has 1 aromatic rings. The first-order valence-electron chi connectivity index (χ1n) is 6.32. The van der Waals surface area contributed by atoms with Crippen LogP contribution in [0.3, 0.4) is 0 Å². The third-order valence-electron chi connectivity index (χ3n) is 2.84. The lowest BCUT2D eigenvalue weighted by molar-refractivity contribution is 0.0166.